The summed E-state index contributed by atoms with van der Waals surface area (Å²) in [4.78, 5) is 14.6. The van der Waals surface area contributed by atoms with Gasteiger partial charge in [0.1, 0.15) is 6.10 Å². The van der Waals surface area contributed by atoms with Crippen LogP contribution in [-0.4, -0.2) is 75.2 Å². The number of carbonyl (C=O) groups is 1. The molecule has 0 unspecified atom stereocenters. The summed E-state index contributed by atoms with van der Waals surface area (Å²) in [5.74, 6) is 0.525. The highest BCUT2D eigenvalue weighted by molar-refractivity contribution is 5.95. The number of hydrogen-bond donors (Lipinski definition) is 3. The molecule has 2 heterocycles. The molecule has 0 spiro atoms. The molecule has 0 saturated heterocycles. The van der Waals surface area contributed by atoms with Crippen molar-refractivity contribution in [3.8, 4) is 11.5 Å². The Morgan fingerprint density at radius 1 is 1.28 bits per heavy atom. The summed E-state index contributed by atoms with van der Waals surface area (Å²) < 4.78 is 12.2. The molecule has 2 aromatic rings. The van der Waals surface area contributed by atoms with Crippen LogP contribution in [0.4, 0.5) is 0 Å². The van der Waals surface area contributed by atoms with E-state index in [0.29, 0.717) is 36.6 Å². The summed E-state index contributed by atoms with van der Waals surface area (Å²) in [6, 6.07) is 4.36. The van der Waals surface area contributed by atoms with Crippen molar-refractivity contribution in [1.29, 1.82) is 0 Å². The van der Waals surface area contributed by atoms with Gasteiger partial charge in [-0.25, -0.2) is 0 Å². The van der Waals surface area contributed by atoms with E-state index in [1.807, 2.05) is 25.2 Å². The van der Waals surface area contributed by atoms with Crippen molar-refractivity contribution in [1.82, 2.24) is 25.2 Å². The van der Waals surface area contributed by atoms with E-state index in [1.165, 1.54) is 0 Å². The molecule has 4 atom stereocenters. The van der Waals surface area contributed by atoms with E-state index in [9.17, 15) is 15.0 Å². The number of benzene rings is 1. The van der Waals surface area contributed by atoms with Gasteiger partial charge >= 0.3 is 0 Å². The smallest absolute Gasteiger partial charge is 0.251 e. The Kier molecular flexibility index (Phi) is 5.39. The van der Waals surface area contributed by atoms with Crippen LogP contribution in [0.3, 0.4) is 0 Å². The molecule has 1 saturated carbocycles. The first-order valence-electron chi connectivity index (χ1n) is 9.51. The lowest BCUT2D eigenvalue weighted by Gasteiger charge is -2.18. The molecule has 1 aromatic carbocycles. The predicted octanol–water partition coefficient (Wildman–Crippen LogP) is -0.391. The highest BCUT2D eigenvalue weighted by Gasteiger charge is 2.42. The summed E-state index contributed by atoms with van der Waals surface area (Å²) in [5.41, 5.74) is 1.24. The molecule has 156 valence electrons. The van der Waals surface area contributed by atoms with Crippen LogP contribution >= 0.6 is 0 Å². The third-order valence-electron chi connectivity index (χ3n) is 5.24. The highest BCUT2D eigenvalue weighted by atomic mass is 16.7. The van der Waals surface area contributed by atoms with Gasteiger partial charge in [-0.2, -0.15) is 0 Å². The lowest BCUT2D eigenvalue weighted by atomic mass is 10.1. The zero-order chi connectivity index (χ0) is 20.5. The van der Waals surface area contributed by atoms with Gasteiger partial charge in [0.05, 0.1) is 17.8 Å². The normalized spacial score (nSPS) is 25.6. The maximum absolute atomic E-state index is 12.6. The summed E-state index contributed by atoms with van der Waals surface area (Å²) in [5, 5.41) is 31.9. The van der Waals surface area contributed by atoms with Crippen molar-refractivity contribution in [3.63, 3.8) is 0 Å². The number of ether oxygens (including phenoxy) is 2. The van der Waals surface area contributed by atoms with Crippen LogP contribution in [0, 0.1) is 5.92 Å². The molecule has 1 aromatic heterocycles. The Morgan fingerprint density at radius 2 is 2.07 bits per heavy atom. The van der Waals surface area contributed by atoms with Gasteiger partial charge in [0.25, 0.3) is 5.91 Å². The molecule has 1 fully saturated rings. The van der Waals surface area contributed by atoms with Gasteiger partial charge in [-0.05, 0) is 38.7 Å². The number of aliphatic hydroxyl groups is 2. The number of nitrogens with one attached hydrogen (secondary N) is 1. The summed E-state index contributed by atoms with van der Waals surface area (Å²) >= 11 is 0. The summed E-state index contributed by atoms with van der Waals surface area (Å²) in [7, 11) is 3.90. The van der Waals surface area contributed by atoms with Crippen LogP contribution in [0.1, 0.15) is 22.5 Å². The molecule has 10 heteroatoms. The summed E-state index contributed by atoms with van der Waals surface area (Å²) in [6.45, 7) is 1.22. The molecular formula is C19H25N5O5. The maximum Gasteiger partial charge on any atom is 0.251 e. The molecule has 1 amide bonds. The largest absolute Gasteiger partial charge is 0.454 e. The van der Waals surface area contributed by atoms with Gasteiger partial charge in [0.2, 0.25) is 6.79 Å². The molecule has 1 aliphatic heterocycles. The Balaban J connectivity index is 1.38. The second kappa shape index (κ2) is 7.97. The second-order valence-electron chi connectivity index (χ2n) is 7.79. The first-order valence-corrected chi connectivity index (χ1v) is 9.51. The number of carbonyl (C=O) groups excluding carboxylic acids is 1. The monoisotopic (exact) mass is 403 g/mol. The lowest BCUT2D eigenvalue weighted by molar-refractivity contribution is 0.00761. The average Bonchev–Trinajstić information content (AvgIpc) is 3.38. The van der Waals surface area contributed by atoms with Gasteiger partial charge in [-0.15, -0.1) is 5.10 Å². The van der Waals surface area contributed by atoms with Gasteiger partial charge in [0.15, 0.2) is 11.5 Å². The van der Waals surface area contributed by atoms with Crippen molar-refractivity contribution in [3.05, 3.63) is 35.7 Å². The number of amides is 1. The minimum atomic E-state index is -1.05. The van der Waals surface area contributed by atoms with Gasteiger partial charge < -0.3 is 29.9 Å². The van der Waals surface area contributed by atoms with Crippen LogP contribution in [-0.2, 0) is 13.1 Å². The van der Waals surface area contributed by atoms with Crippen molar-refractivity contribution in [2.75, 3.05) is 20.9 Å². The predicted molar refractivity (Wildman–Crippen MR) is 101 cm³/mol. The van der Waals surface area contributed by atoms with E-state index in [-0.39, 0.29) is 18.6 Å². The minimum Gasteiger partial charge on any atom is -0.454 e. The molecule has 0 bridgehead atoms. The topological polar surface area (TPSA) is 122 Å². The Morgan fingerprint density at radius 3 is 2.86 bits per heavy atom. The van der Waals surface area contributed by atoms with Gasteiger partial charge in [-0.3, -0.25) is 9.48 Å². The standard InChI is InChI=1S/C19H25N5O5/c1-23(2)8-13-9-24(22-21-13)7-12-5-14(18(26)17(12)25)20-19(27)11-3-4-15-16(6-11)29-10-28-15/h3-4,6,9,12,14,17-18,25-26H,5,7-8,10H2,1-2H3,(H,20,27)/t12-,14-,17-,18+/m1/s1. The fraction of sp³-hybridized carbons (Fsp3) is 0.526. The zero-order valence-corrected chi connectivity index (χ0v) is 16.4. The average molecular weight is 403 g/mol. The van der Waals surface area contributed by atoms with E-state index < -0.39 is 18.2 Å². The number of nitrogens with zero attached hydrogens (tertiary/aromatic N) is 4. The first kappa shape index (κ1) is 19.6. The van der Waals surface area contributed by atoms with E-state index >= 15 is 0 Å². The van der Waals surface area contributed by atoms with Crippen molar-refractivity contribution < 1.29 is 24.5 Å². The molecule has 10 nitrogen and oxygen atoms in total. The maximum atomic E-state index is 12.6. The van der Waals surface area contributed by atoms with E-state index in [4.69, 9.17) is 9.47 Å². The fourth-order valence-corrected chi connectivity index (χ4v) is 3.80. The molecule has 2 aliphatic rings. The van der Waals surface area contributed by atoms with E-state index in [2.05, 4.69) is 15.6 Å². The number of hydrogen-bond acceptors (Lipinski definition) is 8. The molecule has 1 aliphatic carbocycles. The SMILES string of the molecule is CN(C)Cc1cn(C[C@H]2C[C@@H](NC(=O)c3ccc4c(c3)OCO4)[C@H](O)[C@@H]2O)nn1. The lowest BCUT2D eigenvalue weighted by Crippen LogP contribution is -2.43. The van der Waals surface area contributed by atoms with Crippen molar-refractivity contribution in [2.24, 2.45) is 5.92 Å². The van der Waals surface area contributed by atoms with Crippen molar-refractivity contribution >= 4 is 5.91 Å². The van der Waals surface area contributed by atoms with Gasteiger partial charge in [-0.1, -0.05) is 5.21 Å². The summed E-state index contributed by atoms with van der Waals surface area (Å²) in [6.07, 6.45) is 0.250. The van der Waals surface area contributed by atoms with Crippen LogP contribution in [0.5, 0.6) is 11.5 Å². The quantitative estimate of drug-likeness (QED) is 0.596. The number of fused-ring (bicyclic) bond motifs is 1. The number of aliphatic hydroxyl groups excluding tert-OH is 2. The molecule has 0 radical (unpaired) electrons. The third kappa shape index (κ3) is 4.19. The number of rotatable bonds is 6. The fourth-order valence-electron chi connectivity index (χ4n) is 3.80. The highest BCUT2D eigenvalue weighted by Crippen LogP contribution is 2.33. The first-order chi connectivity index (χ1) is 13.9. The van der Waals surface area contributed by atoms with Crippen molar-refractivity contribution in [2.45, 2.75) is 37.8 Å². The van der Waals surface area contributed by atoms with Crippen LogP contribution in [0.2, 0.25) is 0 Å². The molecule has 3 N–H and O–H groups in total. The Labute approximate surface area is 168 Å². The molecular weight excluding hydrogens is 378 g/mol. The molecule has 29 heavy (non-hydrogen) atoms. The number of aromatic nitrogens is 3. The van der Waals surface area contributed by atoms with Crippen LogP contribution in [0.15, 0.2) is 24.4 Å². The second-order valence-corrected chi connectivity index (χ2v) is 7.79. The zero-order valence-electron chi connectivity index (χ0n) is 16.4. The van der Waals surface area contributed by atoms with Crippen LogP contribution in [0.25, 0.3) is 0 Å². The van der Waals surface area contributed by atoms with Crippen LogP contribution < -0.4 is 14.8 Å². The van der Waals surface area contributed by atoms with Gasteiger partial charge in [0, 0.05) is 30.8 Å². The third-order valence-corrected chi connectivity index (χ3v) is 5.24. The molecule has 4 rings (SSSR count). The Bertz CT molecular complexity index is 886. The minimum absolute atomic E-state index is 0.133. The Hall–Kier alpha value is -2.69. The van der Waals surface area contributed by atoms with E-state index in [1.54, 1.807) is 22.9 Å². The van der Waals surface area contributed by atoms with E-state index in [0.717, 1.165) is 5.69 Å².